The van der Waals surface area contributed by atoms with Crippen LogP contribution < -0.4 is 4.74 Å². The molecule has 24 heavy (non-hydrogen) atoms. The quantitative estimate of drug-likeness (QED) is 0.848. The zero-order valence-electron chi connectivity index (χ0n) is 14.7. The maximum absolute atomic E-state index is 12.8. The number of nitrogens with zero attached hydrogens (tertiary/aromatic N) is 3. The molecule has 2 aromatic rings. The van der Waals surface area contributed by atoms with Crippen LogP contribution >= 0.6 is 0 Å². The Morgan fingerprint density at radius 3 is 2.92 bits per heavy atom. The maximum Gasteiger partial charge on any atom is 0.227 e. The lowest BCUT2D eigenvalue weighted by Gasteiger charge is -2.25. The number of rotatable bonds is 5. The number of amides is 1. The molecule has 1 aliphatic rings. The first-order chi connectivity index (χ1) is 11.6. The average molecular weight is 327 g/mol. The van der Waals surface area contributed by atoms with E-state index in [1.54, 1.807) is 7.11 Å². The first-order valence-corrected chi connectivity index (χ1v) is 8.49. The summed E-state index contributed by atoms with van der Waals surface area (Å²) >= 11 is 0. The van der Waals surface area contributed by atoms with E-state index in [0.29, 0.717) is 6.42 Å². The van der Waals surface area contributed by atoms with Crippen molar-refractivity contribution in [1.82, 2.24) is 14.7 Å². The molecule has 1 fully saturated rings. The van der Waals surface area contributed by atoms with Gasteiger partial charge in [-0.3, -0.25) is 9.48 Å². The van der Waals surface area contributed by atoms with Crippen LogP contribution in [-0.4, -0.2) is 40.3 Å². The second-order valence-corrected chi connectivity index (χ2v) is 6.60. The SMILES string of the molecule is COc1cc(CC(=O)N2CCC[C@H]2Cn2cc(C)cn2)ccc1C. The standard InChI is InChI=1S/C19H25N3O2/c1-14-11-20-21(12-14)13-17-5-4-8-22(17)19(23)10-16-7-6-15(2)18(9-16)24-3/h6-7,9,11-12,17H,4-5,8,10,13H2,1-3H3/t17-/m0/s1. The fourth-order valence-electron chi connectivity index (χ4n) is 3.39. The van der Waals surface area contributed by atoms with E-state index in [1.807, 2.05) is 54.0 Å². The maximum atomic E-state index is 12.8. The van der Waals surface area contributed by atoms with Crippen LogP contribution in [0.1, 0.15) is 29.5 Å². The van der Waals surface area contributed by atoms with Gasteiger partial charge in [0.25, 0.3) is 0 Å². The smallest absolute Gasteiger partial charge is 0.227 e. The number of methoxy groups -OCH3 is 1. The molecule has 1 aromatic heterocycles. The highest BCUT2D eigenvalue weighted by Crippen LogP contribution is 2.23. The zero-order chi connectivity index (χ0) is 17.1. The molecule has 1 aromatic carbocycles. The monoisotopic (exact) mass is 327 g/mol. The third-order valence-corrected chi connectivity index (χ3v) is 4.69. The van der Waals surface area contributed by atoms with Crippen molar-refractivity contribution in [2.24, 2.45) is 0 Å². The predicted octanol–water partition coefficient (Wildman–Crippen LogP) is 2.74. The van der Waals surface area contributed by atoms with Gasteiger partial charge < -0.3 is 9.64 Å². The number of benzene rings is 1. The number of ether oxygens (including phenoxy) is 1. The van der Waals surface area contributed by atoms with Crippen molar-refractivity contribution >= 4 is 5.91 Å². The van der Waals surface area contributed by atoms with E-state index in [2.05, 4.69) is 5.10 Å². The summed E-state index contributed by atoms with van der Waals surface area (Å²) in [5, 5.41) is 4.35. The summed E-state index contributed by atoms with van der Waals surface area (Å²) in [5.41, 5.74) is 3.24. The van der Waals surface area contributed by atoms with Gasteiger partial charge in [0.15, 0.2) is 0 Å². The molecule has 0 unspecified atom stereocenters. The molecule has 1 amide bonds. The molecule has 0 spiro atoms. The minimum absolute atomic E-state index is 0.187. The number of aromatic nitrogens is 2. The van der Waals surface area contributed by atoms with Gasteiger partial charge in [0, 0.05) is 12.7 Å². The van der Waals surface area contributed by atoms with E-state index in [1.165, 1.54) is 0 Å². The number of carbonyl (C=O) groups excluding carboxylic acids is 1. The average Bonchev–Trinajstić information content (AvgIpc) is 3.18. The third-order valence-electron chi connectivity index (χ3n) is 4.69. The predicted molar refractivity (Wildman–Crippen MR) is 93.1 cm³/mol. The summed E-state index contributed by atoms with van der Waals surface area (Å²) in [6.45, 7) is 5.66. The largest absolute Gasteiger partial charge is 0.496 e. The van der Waals surface area contributed by atoms with Crippen LogP contribution in [0, 0.1) is 13.8 Å². The van der Waals surface area contributed by atoms with Gasteiger partial charge in [-0.25, -0.2) is 0 Å². The molecule has 1 atom stereocenters. The summed E-state index contributed by atoms with van der Waals surface area (Å²) in [4.78, 5) is 14.8. The highest BCUT2D eigenvalue weighted by atomic mass is 16.5. The summed E-state index contributed by atoms with van der Waals surface area (Å²) in [5.74, 6) is 1.03. The number of likely N-dealkylation sites (tertiary alicyclic amines) is 1. The third kappa shape index (κ3) is 3.61. The van der Waals surface area contributed by atoms with Crippen LogP contribution in [0.15, 0.2) is 30.6 Å². The van der Waals surface area contributed by atoms with Gasteiger partial charge in [-0.05, 0) is 49.4 Å². The number of hydrogen-bond acceptors (Lipinski definition) is 3. The Hall–Kier alpha value is -2.30. The minimum Gasteiger partial charge on any atom is -0.496 e. The molecule has 2 heterocycles. The Balaban J connectivity index is 1.67. The van der Waals surface area contributed by atoms with Crippen molar-refractivity contribution in [2.75, 3.05) is 13.7 Å². The Morgan fingerprint density at radius 2 is 2.21 bits per heavy atom. The van der Waals surface area contributed by atoms with E-state index in [9.17, 15) is 4.79 Å². The van der Waals surface area contributed by atoms with E-state index in [-0.39, 0.29) is 11.9 Å². The summed E-state index contributed by atoms with van der Waals surface area (Å²) in [7, 11) is 1.66. The zero-order valence-corrected chi connectivity index (χ0v) is 14.7. The van der Waals surface area contributed by atoms with Crippen molar-refractivity contribution in [2.45, 2.75) is 45.7 Å². The van der Waals surface area contributed by atoms with Gasteiger partial charge in [0.2, 0.25) is 5.91 Å². The van der Waals surface area contributed by atoms with Crippen molar-refractivity contribution in [1.29, 1.82) is 0 Å². The van der Waals surface area contributed by atoms with E-state index in [4.69, 9.17) is 4.74 Å². The van der Waals surface area contributed by atoms with Crippen molar-refractivity contribution in [3.63, 3.8) is 0 Å². The van der Waals surface area contributed by atoms with Crippen LogP contribution in [0.4, 0.5) is 0 Å². The Morgan fingerprint density at radius 1 is 1.38 bits per heavy atom. The summed E-state index contributed by atoms with van der Waals surface area (Å²) in [6, 6.07) is 6.23. The van der Waals surface area contributed by atoms with Gasteiger partial charge in [0.1, 0.15) is 5.75 Å². The first kappa shape index (κ1) is 16.6. The molecule has 3 rings (SSSR count). The molecular weight excluding hydrogens is 302 g/mol. The molecule has 5 nitrogen and oxygen atoms in total. The second kappa shape index (κ2) is 7.07. The van der Waals surface area contributed by atoms with Crippen LogP contribution in [0.25, 0.3) is 0 Å². The second-order valence-electron chi connectivity index (χ2n) is 6.60. The molecule has 0 N–H and O–H groups in total. The van der Waals surface area contributed by atoms with Crippen molar-refractivity contribution in [3.05, 3.63) is 47.3 Å². The van der Waals surface area contributed by atoms with Crippen molar-refractivity contribution in [3.8, 4) is 5.75 Å². The van der Waals surface area contributed by atoms with E-state index in [0.717, 1.165) is 48.4 Å². The number of hydrogen-bond donors (Lipinski definition) is 0. The molecule has 128 valence electrons. The van der Waals surface area contributed by atoms with Gasteiger partial charge in [-0.1, -0.05) is 12.1 Å². The molecule has 0 saturated carbocycles. The topological polar surface area (TPSA) is 47.4 Å². The number of aryl methyl sites for hydroxylation is 2. The summed E-state index contributed by atoms with van der Waals surface area (Å²) < 4.78 is 7.30. The molecule has 1 saturated heterocycles. The molecule has 0 radical (unpaired) electrons. The fourth-order valence-corrected chi connectivity index (χ4v) is 3.39. The minimum atomic E-state index is 0.187. The van der Waals surface area contributed by atoms with E-state index >= 15 is 0 Å². The van der Waals surface area contributed by atoms with Crippen LogP contribution in [0.5, 0.6) is 5.75 Å². The fraction of sp³-hybridized carbons (Fsp3) is 0.474. The van der Waals surface area contributed by atoms with Crippen LogP contribution in [-0.2, 0) is 17.8 Å². The Labute approximate surface area is 143 Å². The summed E-state index contributed by atoms with van der Waals surface area (Å²) in [6.07, 6.45) is 6.42. The highest BCUT2D eigenvalue weighted by Gasteiger charge is 2.29. The number of carbonyl (C=O) groups is 1. The van der Waals surface area contributed by atoms with Crippen LogP contribution in [0.3, 0.4) is 0 Å². The van der Waals surface area contributed by atoms with Gasteiger partial charge in [-0.15, -0.1) is 0 Å². The van der Waals surface area contributed by atoms with Gasteiger partial charge >= 0.3 is 0 Å². The Bertz CT molecular complexity index is 723. The van der Waals surface area contributed by atoms with E-state index < -0.39 is 0 Å². The van der Waals surface area contributed by atoms with Gasteiger partial charge in [-0.2, -0.15) is 5.10 Å². The lowest BCUT2D eigenvalue weighted by Crippen LogP contribution is -2.39. The highest BCUT2D eigenvalue weighted by molar-refractivity contribution is 5.79. The van der Waals surface area contributed by atoms with Crippen LogP contribution in [0.2, 0.25) is 0 Å². The molecule has 0 aliphatic carbocycles. The van der Waals surface area contributed by atoms with Gasteiger partial charge in [0.05, 0.1) is 32.3 Å². The normalized spacial score (nSPS) is 17.3. The molecular formula is C19H25N3O2. The molecule has 0 bridgehead atoms. The van der Waals surface area contributed by atoms with Crippen molar-refractivity contribution < 1.29 is 9.53 Å². The first-order valence-electron chi connectivity index (χ1n) is 8.49. The Kier molecular flexibility index (Phi) is 4.88. The molecule has 5 heteroatoms. The lowest BCUT2D eigenvalue weighted by molar-refractivity contribution is -0.131. The lowest BCUT2D eigenvalue weighted by atomic mass is 10.1. The molecule has 1 aliphatic heterocycles.